The summed E-state index contributed by atoms with van der Waals surface area (Å²) < 4.78 is 0. The predicted molar refractivity (Wildman–Crippen MR) is 51.2 cm³/mol. The first-order chi connectivity index (χ1) is 6.81. The molecule has 0 spiro atoms. The molecule has 3 atom stereocenters. The van der Waals surface area contributed by atoms with Gasteiger partial charge in [-0.2, -0.15) is 0 Å². The van der Waals surface area contributed by atoms with Crippen molar-refractivity contribution in [1.29, 1.82) is 0 Å². The van der Waals surface area contributed by atoms with Gasteiger partial charge in [-0.15, -0.1) is 0 Å². The molecular formula is C9H17N3O2. The molecule has 2 aliphatic rings. The summed E-state index contributed by atoms with van der Waals surface area (Å²) >= 11 is 0. The van der Waals surface area contributed by atoms with E-state index in [9.17, 15) is 4.79 Å². The molecule has 80 valence electrons. The van der Waals surface area contributed by atoms with Gasteiger partial charge < -0.3 is 11.1 Å². The average molecular weight is 199 g/mol. The fourth-order valence-corrected chi connectivity index (χ4v) is 2.26. The molecule has 0 aromatic carbocycles. The largest absolute Gasteiger partial charge is 0.330 e. The second-order valence-electron chi connectivity index (χ2n) is 4.03. The van der Waals surface area contributed by atoms with Crippen molar-refractivity contribution in [2.24, 2.45) is 11.7 Å². The first kappa shape index (κ1) is 9.89. The SMILES string of the molecule is NCC1CCCC1NC1CONC1=O. The number of rotatable bonds is 3. The number of nitrogens with two attached hydrogens (primary N) is 1. The molecule has 4 N–H and O–H groups in total. The van der Waals surface area contributed by atoms with Gasteiger partial charge in [0, 0.05) is 6.04 Å². The van der Waals surface area contributed by atoms with Crippen LogP contribution in [0.4, 0.5) is 0 Å². The van der Waals surface area contributed by atoms with Crippen molar-refractivity contribution in [2.75, 3.05) is 13.2 Å². The Morgan fingerprint density at radius 2 is 2.43 bits per heavy atom. The highest BCUT2D eigenvalue weighted by molar-refractivity contribution is 5.82. The Balaban J connectivity index is 1.86. The zero-order valence-corrected chi connectivity index (χ0v) is 8.16. The van der Waals surface area contributed by atoms with Crippen LogP contribution in [0.2, 0.25) is 0 Å². The van der Waals surface area contributed by atoms with Crippen molar-refractivity contribution in [3.05, 3.63) is 0 Å². The van der Waals surface area contributed by atoms with Gasteiger partial charge in [0.15, 0.2) is 0 Å². The van der Waals surface area contributed by atoms with Crippen LogP contribution < -0.4 is 16.5 Å². The Morgan fingerprint density at radius 1 is 1.57 bits per heavy atom. The van der Waals surface area contributed by atoms with Crippen molar-refractivity contribution in [3.63, 3.8) is 0 Å². The van der Waals surface area contributed by atoms with E-state index in [1.165, 1.54) is 12.8 Å². The fraction of sp³-hybridized carbons (Fsp3) is 0.889. The molecule has 2 fully saturated rings. The van der Waals surface area contributed by atoms with Crippen LogP contribution in [0.15, 0.2) is 0 Å². The summed E-state index contributed by atoms with van der Waals surface area (Å²) in [7, 11) is 0. The van der Waals surface area contributed by atoms with Crippen LogP contribution in [0, 0.1) is 5.92 Å². The van der Waals surface area contributed by atoms with Gasteiger partial charge in [-0.05, 0) is 25.3 Å². The standard InChI is InChI=1S/C9H17N3O2/c10-4-6-2-1-3-7(6)11-8-5-14-12-9(8)13/h6-8,11H,1-5,10H2,(H,12,13). The van der Waals surface area contributed by atoms with Crippen molar-refractivity contribution in [1.82, 2.24) is 10.8 Å². The third-order valence-corrected chi connectivity index (χ3v) is 3.12. The smallest absolute Gasteiger partial charge is 0.263 e. The number of hydrogen-bond acceptors (Lipinski definition) is 4. The number of hydrogen-bond donors (Lipinski definition) is 3. The third kappa shape index (κ3) is 1.89. The molecule has 0 radical (unpaired) electrons. The normalized spacial score (nSPS) is 37.5. The lowest BCUT2D eigenvalue weighted by Crippen LogP contribution is -2.46. The minimum Gasteiger partial charge on any atom is -0.330 e. The maximum Gasteiger partial charge on any atom is 0.263 e. The molecule has 0 aromatic rings. The highest BCUT2D eigenvalue weighted by Crippen LogP contribution is 2.25. The fourth-order valence-electron chi connectivity index (χ4n) is 2.26. The maximum absolute atomic E-state index is 11.2. The predicted octanol–water partition coefficient (Wildman–Crippen LogP) is -0.867. The lowest BCUT2D eigenvalue weighted by molar-refractivity contribution is -0.125. The van der Waals surface area contributed by atoms with Gasteiger partial charge in [0.2, 0.25) is 0 Å². The number of hydroxylamine groups is 1. The molecule has 1 saturated heterocycles. The molecule has 5 heteroatoms. The van der Waals surface area contributed by atoms with Gasteiger partial charge in [-0.25, -0.2) is 5.48 Å². The molecule has 1 heterocycles. The van der Waals surface area contributed by atoms with E-state index in [4.69, 9.17) is 10.6 Å². The zero-order chi connectivity index (χ0) is 9.97. The van der Waals surface area contributed by atoms with Gasteiger partial charge >= 0.3 is 0 Å². The summed E-state index contributed by atoms with van der Waals surface area (Å²) in [5.41, 5.74) is 8.01. The maximum atomic E-state index is 11.2. The summed E-state index contributed by atoms with van der Waals surface area (Å²) in [6, 6.07) is 0.199. The summed E-state index contributed by atoms with van der Waals surface area (Å²) in [5.74, 6) is 0.455. The van der Waals surface area contributed by atoms with Crippen LogP contribution in [-0.4, -0.2) is 31.1 Å². The molecule has 3 unspecified atom stereocenters. The average Bonchev–Trinajstić information content (AvgIpc) is 2.77. The highest BCUT2D eigenvalue weighted by atomic mass is 16.7. The Hall–Kier alpha value is -0.650. The second kappa shape index (κ2) is 4.25. The molecule has 5 nitrogen and oxygen atoms in total. The zero-order valence-electron chi connectivity index (χ0n) is 8.16. The molecule has 1 aliphatic carbocycles. The molecule has 1 saturated carbocycles. The molecule has 2 rings (SSSR count). The van der Waals surface area contributed by atoms with E-state index < -0.39 is 0 Å². The van der Waals surface area contributed by atoms with E-state index in [1.807, 2.05) is 0 Å². The van der Waals surface area contributed by atoms with Crippen molar-refractivity contribution in [3.8, 4) is 0 Å². The Morgan fingerprint density at radius 3 is 3.07 bits per heavy atom. The molecular weight excluding hydrogens is 182 g/mol. The minimum absolute atomic E-state index is 0.0623. The van der Waals surface area contributed by atoms with E-state index in [0.29, 0.717) is 25.1 Å². The molecule has 1 aliphatic heterocycles. The number of carbonyl (C=O) groups excluding carboxylic acids is 1. The molecule has 0 aromatic heterocycles. The van der Waals surface area contributed by atoms with Gasteiger partial charge in [-0.3, -0.25) is 9.63 Å². The van der Waals surface area contributed by atoms with Gasteiger partial charge in [0.25, 0.3) is 5.91 Å². The van der Waals surface area contributed by atoms with E-state index in [2.05, 4.69) is 10.8 Å². The van der Waals surface area contributed by atoms with Crippen LogP contribution in [0.5, 0.6) is 0 Å². The van der Waals surface area contributed by atoms with Gasteiger partial charge in [0.05, 0.1) is 6.61 Å². The quantitative estimate of drug-likeness (QED) is 0.552. The van der Waals surface area contributed by atoms with Crippen molar-refractivity contribution >= 4 is 5.91 Å². The minimum atomic E-state index is -0.188. The lowest BCUT2D eigenvalue weighted by Gasteiger charge is -2.21. The summed E-state index contributed by atoms with van der Waals surface area (Å²) in [6.07, 6.45) is 3.49. The summed E-state index contributed by atoms with van der Waals surface area (Å²) in [5, 5.41) is 3.31. The van der Waals surface area contributed by atoms with Crippen molar-refractivity contribution < 1.29 is 9.63 Å². The molecule has 1 amide bonds. The van der Waals surface area contributed by atoms with E-state index in [0.717, 1.165) is 6.42 Å². The highest BCUT2D eigenvalue weighted by Gasteiger charge is 2.32. The van der Waals surface area contributed by atoms with Crippen LogP contribution >= 0.6 is 0 Å². The number of nitrogens with one attached hydrogen (secondary N) is 2. The molecule has 0 bridgehead atoms. The van der Waals surface area contributed by atoms with Crippen LogP contribution in [-0.2, 0) is 9.63 Å². The van der Waals surface area contributed by atoms with Gasteiger partial charge in [-0.1, -0.05) is 6.42 Å². The van der Waals surface area contributed by atoms with E-state index in [1.54, 1.807) is 0 Å². The Labute approximate surface area is 83.3 Å². The lowest BCUT2D eigenvalue weighted by atomic mass is 10.0. The Bertz CT molecular complexity index is 222. The second-order valence-corrected chi connectivity index (χ2v) is 4.03. The van der Waals surface area contributed by atoms with E-state index >= 15 is 0 Å². The first-order valence-electron chi connectivity index (χ1n) is 5.19. The van der Waals surface area contributed by atoms with Crippen LogP contribution in [0.25, 0.3) is 0 Å². The topological polar surface area (TPSA) is 76.4 Å². The molecule has 14 heavy (non-hydrogen) atoms. The van der Waals surface area contributed by atoms with Gasteiger partial charge in [0.1, 0.15) is 6.04 Å². The third-order valence-electron chi connectivity index (χ3n) is 3.12. The number of carbonyl (C=O) groups is 1. The van der Waals surface area contributed by atoms with Crippen molar-refractivity contribution in [2.45, 2.75) is 31.3 Å². The Kier molecular flexibility index (Phi) is 3.00. The first-order valence-corrected chi connectivity index (χ1v) is 5.19. The summed E-state index contributed by atoms with van der Waals surface area (Å²) in [6.45, 7) is 1.12. The van der Waals surface area contributed by atoms with Crippen LogP contribution in [0.1, 0.15) is 19.3 Å². The monoisotopic (exact) mass is 199 g/mol. The van der Waals surface area contributed by atoms with E-state index in [-0.39, 0.29) is 11.9 Å². The van der Waals surface area contributed by atoms with Crippen LogP contribution in [0.3, 0.4) is 0 Å². The number of amides is 1. The summed E-state index contributed by atoms with van der Waals surface area (Å²) in [4.78, 5) is 16.1.